The van der Waals surface area contributed by atoms with Gasteiger partial charge in [0.15, 0.2) is 0 Å². The van der Waals surface area contributed by atoms with Crippen molar-refractivity contribution >= 4 is 17.3 Å². The Morgan fingerprint density at radius 3 is 2.84 bits per heavy atom. The molecule has 0 bridgehead atoms. The van der Waals surface area contributed by atoms with Crippen molar-refractivity contribution in [3.8, 4) is 0 Å². The molecule has 0 spiro atoms. The zero-order valence-corrected chi connectivity index (χ0v) is 10.5. The predicted molar refractivity (Wildman–Crippen MR) is 66.1 cm³/mol. The standard InChI is InChI=1S/C12H12FN3O3/c1-7-5-11(17)15(2)14-12(7)8-3-4-9(13)10(6-8)16(18)19/h3-4,6-7H,5H2,1-2H3. The lowest BCUT2D eigenvalue weighted by Crippen LogP contribution is -2.33. The molecule has 2 rings (SSSR count). The Labute approximate surface area is 108 Å². The number of hydrazone groups is 1. The highest BCUT2D eigenvalue weighted by atomic mass is 19.1. The fourth-order valence-electron chi connectivity index (χ4n) is 1.96. The van der Waals surface area contributed by atoms with Crippen LogP contribution in [0.15, 0.2) is 23.3 Å². The lowest BCUT2D eigenvalue weighted by molar-refractivity contribution is -0.387. The third-order valence-electron chi connectivity index (χ3n) is 3.00. The minimum Gasteiger partial charge on any atom is -0.273 e. The molecule has 1 aliphatic rings. The van der Waals surface area contributed by atoms with Gasteiger partial charge in [-0.25, -0.2) is 5.01 Å². The van der Waals surface area contributed by atoms with E-state index in [9.17, 15) is 19.3 Å². The molecule has 0 N–H and O–H groups in total. The lowest BCUT2D eigenvalue weighted by atomic mass is 9.93. The molecule has 0 fully saturated rings. The highest BCUT2D eigenvalue weighted by Crippen LogP contribution is 2.24. The zero-order chi connectivity index (χ0) is 14.2. The van der Waals surface area contributed by atoms with E-state index in [1.807, 2.05) is 0 Å². The number of hydrogen-bond donors (Lipinski definition) is 0. The summed E-state index contributed by atoms with van der Waals surface area (Å²) in [5.74, 6) is -1.16. The van der Waals surface area contributed by atoms with Crippen LogP contribution in [-0.4, -0.2) is 28.6 Å². The number of halogens is 1. The molecule has 1 amide bonds. The molecule has 7 heteroatoms. The average Bonchev–Trinajstić information content (AvgIpc) is 2.34. The van der Waals surface area contributed by atoms with E-state index >= 15 is 0 Å². The van der Waals surface area contributed by atoms with Gasteiger partial charge in [-0.05, 0) is 12.1 Å². The molecule has 19 heavy (non-hydrogen) atoms. The molecule has 1 aromatic rings. The molecule has 1 heterocycles. The van der Waals surface area contributed by atoms with Gasteiger partial charge in [-0.1, -0.05) is 6.92 Å². The molecule has 1 atom stereocenters. The largest absolute Gasteiger partial charge is 0.305 e. The third kappa shape index (κ3) is 2.44. The summed E-state index contributed by atoms with van der Waals surface area (Å²) in [5, 5.41) is 16.0. The van der Waals surface area contributed by atoms with Crippen LogP contribution >= 0.6 is 0 Å². The van der Waals surface area contributed by atoms with Crippen LogP contribution in [0.5, 0.6) is 0 Å². The maximum atomic E-state index is 13.3. The van der Waals surface area contributed by atoms with Crippen LogP contribution in [0, 0.1) is 21.8 Å². The summed E-state index contributed by atoms with van der Waals surface area (Å²) in [6.45, 7) is 1.80. The summed E-state index contributed by atoms with van der Waals surface area (Å²) in [6.07, 6.45) is 0.278. The number of carbonyl (C=O) groups is 1. The van der Waals surface area contributed by atoms with Crippen molar-refractivity contribution in [2.24, 2.45) is 11.0 Å². The molecular weight excluding hydrogens is 253 g/mol. The van der Waals surface area contributed by atoms with E-state index in [1.165, 1.54) is 18.1 Å². The number of nitro benzene ring substituents is 1. The minimum absolute atomic E-state index is 0.118. The van der Waals surface area contributed by atoms with Crippen molar-refractivity contribution < 1.29 is 14.1 Å². The van der Waals surface area contributed by atoms with Crippen LogP contribution in [0.3, 0.4) is 0 Å². The number of nitro groups is 1. The lowest BCUT2D eigenvalue weighted by Gasteiger charge is -2.24. The predicted octanol–water partition coefficient (Wildman–Crippen LogP) is 1.94. The van der Waals surface area contributed by atoms with Gasteiger partial charge in [-0.3, -0.25) is 14.9 Å². The van der Waals surface area contributed by atoms with Gasteiger partial charge in [0.05, 0.1) is 10.6 Å². The van der Waals surface area contributed by atoms with E-state index in [2.05, 4.69) is 5.10 Å². The van der Waals surface area contributed by atoms with E-state index in [4.69, 9.17) is 0 Å². The maximum absolute atomic E-state index is 13.3. The Morgan fingerprint density at radius 2 is 2.21 bits per heavy atom. The molecule has 1 aliphatic heterocycles. The first kappa shape index (κ1) is 13.1. The Kier molecular flexibility index (Phi) is 3.28. The second-order valence-electron chi connectivity index (χ2n) is 4.43. The van der Waals surface area contributed by atoms with E-state index in [0.29, 0.717) is 11.3 Å². The van der Waals surface area contributed by atoms with Gasteiger partial charge in [-0.2, -0.15) is 9.49 Å². The second-order valence-corrected chi connectivity index (χ2v) is 4.43. The fraction of sp³-hybridized carbons (Fsp3) is 0.333. The summed E-state index contributed by atoms with van der Waals surface area (Å²) >= 11 is 0. The van der Waals surface area contributed by atoms with Crippen LogP contribution < -0.4 is 0 Å². The van der Waals surface area contributed by atoms with Crippen LogP contribution in [0.4, 0.5) is 10.1 Å². The molecule has 0 aromatic heterocycles. The van der Waals surface area contributed by atoms with Gasteiger partial charge in [0.2, 0.25) is 11.7 Å². The molecule has 0 aliphatic carbocycles. The van der Waals surface area contributed by atoms with Gasteiger partial charge in [0, 0.05) is 31.0 Å². The maximum Gasteiger partial charge on any atom is 0.305 e. The Bertz CT molecular complexity index is 586. The first-order valence-electron chi connectivity index (χ1n) is 5.69. The first-order valence-corrected chi connectivity index (χ1v) is 5.69. The second kappa shape index (κ2) is 4.75. The molecule has 0 radical (unpaired) electrons. The Hall–Kier alpha value is -2.31. The topological polar surface area (TPSA) is 75.8 Å². The first-order chi connectivity index (χ1) is 8.90. The van der Waals surface area contributed by atoms with Crippen molar-refractivity contribution in [2.45, 2.75) is 13.3 Å². The van der Waals surface area contributed by atoms with E-state index < -0.39 is 16.4 Å². The number of rotatable bonds is 2. The molecule has 1 aromatic carbocycles. The van der Waals surface area contributed by atoms with Gasteiger partial charge < -0.3 is 0 Å². The van der Waals surface area contributed by atoms with Crippen molar-refractivity contribution in [2.75, 3.05) is 7.05 Å². The van der Waals surface area contributed by atoms with Crippen molar-refractivity contribution in [1.82, 2.24) is 5.01 Å². The van der Waals surface area contributed by atoms with Crippen LogP contribution in [0.2, 0.25) is 0 Å². The van der Waals surface area contributed by atoms with E-state index in [-0.39, 0.29) is 18.2 Å². The normalized spacial score (nSPS) is 19.3. The number of hydrogen-bond acceptors (Lipinski definition) is 4. The van der Waals surface area contributed by atoms with Crippen LogP contribution in [-0.2, 0) is 4.79 Å². The van der Waals surface area contributed by atoms with Crippen LogP contribution in [0.25, 0.3) is 0 Å². The van der Waals surface area contributed by atoms with E-state index in [1.54, 1.807) is 6.92 Å². The minimum atomic E-state index is -0.887. The number of carbonyl (C=O) groups excluding carboxylic acids is 1. The smallest absolute Gasteiger partial charge is 0.273 e. The highest BCUT2D eigenvalue weighted by molar-refractivity contribution is 6.06. The van der Waals surface area contributed by atoms with Crippen molar-refractivity contribution in [1.29, 1.82) is 0 Å². The summed E-state index contributed by atoms with van der Waals surface area (Å²) < 4.78 is 13.3. The van der Waals surface area contributed by atoms with Gasteiger partial charge in [-0.15, -0.1) is 0 Å². The van der Waals surface area contributed by atoms with Crippen molar-refractivity contribution in [3.63, 3.8) is 0 Å². The highest BCUT2D eigenvalue weighted by Gasteiger charge is 2.26. The number of benzene rings is 1. The summed E-state index contributed by atoms with van der Waals surface area (Å²) in [7, 11) is 1.52. The SMILES string of the molecule is CC1CC(=O)N(C)N=C1c1ccc(F)c([N+](=O)[O-])c1. The summed E-state index contributed by atoms with van der Waals surface area (Å²) in [5.41, 5.74) is 0.414. The monoisotopic (exact) mass is 265 g/mol. The average molecular weight is 265 g/mol. The third-order valence-corrected chi connectivity index (χ3v) is 3.00. The van der Waals surface area contributed by atoms with Gasteiger partial charge >= 0.3 is 5.69 Å². The Morgan fingerprint density at radius 1 is 1.53 bits per heavy atom. The molecule has 1 unspecified atom stereocenters. The quantitative estimate of drug-likeness (QED) is 0.605. The molecule has 0 saturated heterocycles. The number of amides is 1. The molecule has 100 valence electrons. The summed E-state index contributed by atoms with van der Waals surface area (Å²) in [6, 6.07) is 3.62. The van der Waals surface area contributed by atoms with Crippen LogP contribution in [0.1, 0.15) is 18.9 Å². The zero-order valence-electron chi connectivity index (χ0n) is 10.5. The fourth-order valence-corrected chi connectivity index (χ4v) is 1.96. The number of nitrogens with zero attached hydrogens (tertiary/aromatic N) is 3. The summed E-state index contributed by atoms with van der Waals surface area (Å²) in [4.78, 5) is 21.4. The van der Waals surface area contributed by atoms with Crippen molar-refractivity contribution in [3.05, 3.63) is 39.7 Å². The van der Waals surface area contributed by atoms with Gasteiger partial charge in [0.1, 0.15) is 0 Å². The van der Waals surface area contributed by atoms with E-state index in [0.717, 1.165) is 12.1 Å². The molecule has 0 saturated carbocycles. The van der Waals surface area contributed by atoms with Gasteiger partial charge in [0.25, 0.3) is 0 Å². The Balaban J connectivity index is 2.47. The molecule has 6 nitrogen and oxygen atoms in total. The molecular formula is C12H12FN3O3.